The molecule has 0 bridgehead atoms. The lowest BCUT2D eigenvalue weighted by atomic mass is 9.89. The number of nitrogens with zero attached hydrogens (tertiary/aromatic N) is 1. The average Bonchev–Trinajstić information content (AvgIpc) is 2.40. The van der Waals surface area contributed by atoms with E-state index in [1.807, 2.05) is 0 Å². The van der Waals surface area contributed by atoms with Gasteiger partial charge in [-0.2, -0.15) is 0 Å². The minimum absolute atomic E-state index is 0.432. The van der Waals surface area contributed by atoms with E-state index in [-0.39, 0.29) is 0 Å². The van der Waals surface area contributed by atoms with Crippen molar-refractivity contribution in [3.05, 3.63) is 34.9 Å². The molecule has 0 heterocycles. The Morgan fingerprint density at radius 1 is 1.10 bits per heavy atom. The lowest BCUT2D eigenvalue weighted by Crippen LogP contribution is -2.42. The first kappa shape index (κ1) is 15.5. The van der Waals surface area contributed by atoms with E-state index in [9.17, 15) is 0 Å². The topological polar surface area (TPSA) is 29.3 Å². The minimum Gasteiger partial charge on any atom is -0.328 e. The summed E-state index contributed by atoms with van der Waals surface area (Å²) in [6.07, 6.45) is 4.87. The molecule has 2 nitrogen and oxygen atoms in total. The summed E-state index contributed by atoms with van der Waals surface area (Å²) >= 11 is 0. The van der Waals surface area contributed by atoms with Crippen LogP contribution < -0.4 is 5.73 Å². The molecule has 1 unspecified atom stereocenters. The van der Waals surface area contributed by atoms with E-state index in [0.29, 0.717) is 18.1 Å². The summed E-state index contributed by atoms with van der Waals surface area (Å²) in [4.78, 5) is 2.67. The van der Waals surface area contributed by atoms with Crippen LogP contribution in [-0.2, 0) is 0 Å². The summed E-state index contributed by atoms with van der Waals surface area (Å²) in [6, 6.07) is 8.57. The zero-order chi connectivity index (χ0) is 14.7. The second-order valence-electron chi connectivity index (χ2n) is 6.50. The van der Waals surface area contributed by atoms with Gasteiger partial charge in [-0.15, -0.1) is 0 Å². The summed E-state index contributed by atoms with van der Waals surface area (Å²) in [5.41, 5.74) is 10.2. The highest BCUT2D eigenvalue weighted by Gasteiger charge is 2.27. The van der Waals surface area contributed by atoms with Gasteiger partial charge in [0.2, 0.25) is 0 Å². The second-order valence-corrected chi connectivity index (χ2v) is 6.50. The lowest BCUT2D eigenvalue weighted by Gasteiger charge is -2.39. The van der Waals surface area contributed by atoms with Gasteiger partial charge in [0, 0.05) is 18.1 Å². The van der Waals surface area contributed by atoms with E-state index in [0.717, 1.165) is 6.54 Å². The normalized spacial score (nSPS) is 24.9. The van der Waals surface area contributed by atoms with Crippen LogP contribution in [0.1, 0.15) is 62.3 Å². The number of hydrogen-bond donors (Lipinski definition) is 1. The molecule has 112 valence electrons. The molecule has 0 radical (unpaired) electrons. The number of nitrogens with two attached hydrogens (primary N) is 1. The SMILES string of the molecule is CCN(C1CCC(N)CC1)C(C)c1cc(C)cc(C)c1. The summed E-state index contributed by atoms with van der Waals surface area (Å²) in [7, 11) is 0. The highest BCUT2D eigenvalue weighted by Crippen LogP contribution is 2.30. The summed E-state index contributed by atoms with van der Waals surface area (Å²) < 4.78 is 0. The van der Waals surface area contributed by atoms with Crippen LogP contribution in [0.5, 0.6) is 0 Å². The maximum absolute atomic E-state index is 6.05. The molecule has 1 atom stereocenters. The van der Waals surface area contributed by atoms with Crippen molar-refractivity contribution in [2.24, 2.45) is 5.73 Å². The average molecular weight is 274 g/mol. The first-order chi connectivity index (χ1) is 9.51. The Bertz CT molecular complexity index is 413. The third-order valence-corrected chi connectivity index (χ3v) is 4.80. The van der Waals surface area contributed by atoms with Crippen molar-refractivity contribution in [1.82, 2.24) is 4.90 Å². The van der Waals surface area contributed by atoms with Crippen LogP contribution in [0.25, 0.3) is 0 Å². The molecule has 2 N–H and O–H groups in total. The Morgan fingerprint density at radius 2 is 1.65 bits per heavy atom. The highest BCUT2D eigenvalue weighted by atomic mass is 15.2. The van der Waals surface area contributed by atoms with Gasteiger partial charge in [0.05, 0.1) is 0 Å². The van der Waals surface area contributed by atoms with Gasteiger partial charge in [-0.1, -0.05) is 36.2 Å². The molecule has 0 amide bonds. The minimum atomic E-state index is 0.432. The predicted octanol–water partition coefficient (Wildman–Crippen LogP) is 3.96. The van der Waals surface area contributed by atoms with Gasteiger partial charge in [0.25, 0.3) is 0 Å². The van der Waals surface area contributed by atoms with Gasteiger partial charge in [-0.3, -0.25) is 4.90 Å². The van der Waals surface area contributed by atoms with E-state index < -0.39 is 0 Å². The van der Waals surface area contributed by atoms with Crippen molar-refractivity contribution in [3.63, 3.8) is 0 Å². The Balaban J connectivity index is 2.13. The van der Waals surface area contributed by atoms with Crippen molar-refractivity contribution >= 4 is 0 Å². The molecule has 0 saturated heterocycles. The summed E-state index contributed by atoms with van der Waals surface area (Å²) in [5, 5.41) is 0. The van der Waals surface area contributed by atoms with Gasteiger partial charge >= 0.3 is 0 Å². The summed E-state index contributed by atoms with van der Waals surface area (Å²) in [6.45, 7) is 10.1. The molecule has 1 aromatic carbocycles. The van der Waals surface area contributed by atoms with Gasteiger partial charge in [0.15, 0.2) is 0 Å². The van der Waals surface area contributed by atoms with Crippen LogP contribution in [0.15, 0.2) is 18.2 Å². The quantitative estimate of drug-likeness (QED) is 0.900. The number of aryl methyl sites for hydroxylation is 2. The molecule has 1 fully saturated rings. The molecule has 2 rings (SSSR count). The maximum atomic E-state index is 6.05. The second kappa shape index (κ2) is 6.73. The van der Waals surface area contributed by atoms with Crippen molar-refractivity contribution in [2.75, 3.05) is 6.54 Å². The van der Waals surface area contributed by atoms with E-state index in [1.54, 1.807) is 0 Å². The predicted molar refractivity (Wildman–Crippen MR) is 86.9 cm³/mol. The fourth-order valence-corrected chi connectivity index (χ4v) is 3.72. The maximum Gasteiger partial charge on any atom is 0.0322 e. The van der Waals surface area contributed by atoms with Crippen LogP contribution in [-0.4, -0.2) is 23.5 Å². The van der Waals surface area contributed by atoms with E-state index in [4.69, 9.17) is 5.73 Å². The van der Waals surface area contributed by atoms with Crippen LogP contribution >= 0.6 is 0 Å². The standard InChI is InChI=1S/C18H30N2/c1-5-20(18-8-6-17(19)7-9-18)15(4)16-11-13(2)10-14(3)12-16/h10-12,15,17-18H,5-9,19H2,1-4H3. The zero-order valence-electron chi connectivity index (χ0n) is 13.5. The number of rotatable bonds is 4. The molecule has 1 aromatic rings. The van der Waals surface area contributed by atoms with Gasteiger partial charge in [0.1, 0.15) is 0 Å². The molecule has 0 aliphatic heterocycles. The molecule has 0 aromatic heterocycles. The fourth-order valence-electron chi connectivity index (χ4n) is 3.72. The Morgan fingerprint density at radius 3 is 2.15 bits per heavy atom. The largest absolute Gasteiger partial charge is 0.328 e. The molecule has 1 saturated carbocycles. The third-order valence-electron chi connectivity index (χ3n) is 4.80. The van der Waals surface area contributed by atoms with Crippen LogP contribution in [0.2, 0.25) is 0 Å². The molecular formula is C18H30N2. The third kappa shape index (κ3) is 3.62. The van der Waals surface area contributed by atoms with E-state index in [2.05, 4.69) is 50.8 Å². The van der Waals surface area contributed by atoms with Crippen molar-refractivity contribution < 1.29 is 0 Å². The first-order valence-electron chi connectivity index (χ1n) is 8.10. The van der Waals surface area contributed by atoms with Crippen molar-refractivity contribution in [2.45, 2.75) is 71.5 Å². The van der Waals surface area contributed by atoms with Gasteiger partial charge in [-0.05, 0) is 58.6 Å². The monoisotopic (exact) mass is 274 g/mol. The Hall–Kier alpha value is -0.860. The lowest BCUT2D eigenvalue weighted by molar-refractivity contribution is 0.114. The molecule has 20 heavy (non-hydrogen) atoms. The number of benzene rings is 1. The van der Waals surface area contributed by atoms with Crippen molar-refractivity contribution in [1.29, 1.82) is 0 Å². The van der Waals surface area contributed by atoms with E-state index >= 15 is 0 Å². The van der Waals surface area contributed by atoms with Crippen molar-refractivity contribution in [3.8, 4) is 0 Å². The number of hydrogen-bond acceptors (Lipinski definition) is 2. The molecule has 1 aliphatic carbocycles. The van der Waals surface area contributed by atoms with Crippen LogP contribution in [0, 0.1) is 13.8 Å². The summed E-state index contributed by atoms with van der Waals surface area (Å²) in [5.74, 6) is 0. The molecule has 2 heteroatoms. The Kier molecular flexibility index (Phi) is 5.22. The zero-order valence-corrected chi connectivity index (χ0v) is 13.5. The smallest absolute Gasteiger partial charge is 0.0322 e. The highest BCUT2D eigenvalue weighted by molar-refractivity contribution is 5.30. The molecule has 0 spiro atoms. The van der Waals surface area contributed by atoms with Gasteiger partial charge < -0.3 is 5.73 Å². The molecule has 1 aliphatic rings. The first-order valence-corrected chi connectivity index (χ1v) is 8.10. The molecular weight excluding hydrogens is 244 g/mol. The van der Waals surface area contributed by atoms with Crippen LogP contribution in [0.4, 0.5) is 0 Å². The Labute approximate surface area is 124 Å². The van der Waals surface area contributed by atoms with E-state index in [1.165, 1.54) is 42.4 Å². The fraction of sp³-hybridized carbons (Fsp3) is 0.667. The van der Waals surface area contributed by atoms with Crippen LogP contribution in [0.3, 0.4) is 0 Å². The van der Waals surface area contributed by atoms with Gasteiger partial charge in [-0.25, -0.2) is 0 Å².